The molecule has 5 N–H and O–H groups in total. The van der Waals surface area contributed by atoms with E-state index in [0.717, 1.165) is 6.42 Å². The highest BCUT2D eigenvalue weighted by Gasteiger charge is 1.98. The number of hydrazine groups is 1. The summed E-state index contributed by atoms with van der Waals surface area (Å²) in [6.45, 7) is 4.14. The summed E-state index contributed by atoms with van der Waals surface area (Å²) < 4.78 is 0. The Morgan fingerprint density at radius 3 is 2.33 bits per heavy atom. The molecule has 0 aromatic heterocycles. The monoisotopic (exact) mass is 130 g/mol. The molecule has 0 bridgehead atoms. The van der Waals surface area contributed by atoms with Crippen molar-refractivity contribution in [3.8, 4) is 0 Å². The number of nitrogens with one attached hydrogen (secondary N) is 1. The van der Waals surface area contributed by atoms with Crippen LogP contribution in [0, 0.1) is 5.92 Å². The molecule has 4 heteroatoms. The number of hydrogen-bond donors (Lipinski definition) is 3. The summed E-state index contributed by atoms with van der Waals surface area (Å²) in [4.78, 5) is 0. The Balaban J connectivity index is 3.58. The van der Waals surface area contributed by atoms with Crippen molar-refractivity contribution in [2.75, 3.05) is 0 Å². The van der Waals surface area contributed by atoms with Gasteiger partial charge in [0, 0.05) is 6.42 Å². The van der Waals surface area contributed by atoms with Crippen molar-refractivity contribution in [2.24, 2.45) is 22.7 Å². The standard InChI is InChI=1S/C5H14N4/c1-4(2)3-5(8-6)9-7/h4H,3,6-7H2,1-2H3,(H,8,9). The van der Waals surface area contributed by atoms with Gasteiger partial charge in [-0.15, -0.1) is 0 Å². The fraction of sp³-hybridized carbons (Fsp3) is 0.800. The molecule has 0 unspecified atom stereocenters. The molecule has 0 rings (SSSR count). The van der Waals surface area contributed by atoms with Gasteiger partial charge in [-0.25, -0.2) is 5.84 Å². The molecule has 0 radical (unpaired) electrons. The molecule has 0 amide bonds. The van der Waals surface area contributed by atoms with Gasteiger partial charge in [-0.05, 0) is 5.92 Å². The van der Waals surface area contributed by atoms with E-state index < -0.39 is 0 Å². The van der Waals surface area contributed by atoms with Gasteiger partial charge in [0.05, 0.1) is 0 Å². The highest BCUT2D eigenvalue weighted by molar-refractivity contribution is 5.81. The number of nitrogens with two attached hydrogens (primary N) is 2. The lowest BCUT2D eigenvalue weighted by molar-refractivity contribution is 0.667. The van der Waals surface area contributed by atoms with Crippen LogP contribution in [-0.4, -0.2) is 5.84 Å². The van der Waals surface area contributed by atoms with E-state index in [9.17, 15) is 0 Å². The van der Waals surface area contributed by atoms with Gasteiger partial charge >= 0.3 is 0 Å². The van der Waals surface area contributed by atoms with E-state index >= 15 is 0 Å². The lowest BCUT2D eigenvalue weighted by atomic mass is 10.1. The normalized spacial score (nSPS) is 12.2. The zero-order valence-electron chi connectivity index (χ0n) is 5.89. The molecule has 4 nitrogen and oxygen atoms in total. The molecule has 0 fully saturated rings. The molecule has 0 aliphatic carbocycles. The minimum absolute atomic E-state index is 0.531. The minimum atomic E-state index is 0.531. The second-order valence-corrected chi connectivity index (χ2v) is 2.32. The Labute approximate surface area is 55.3 Å². The van der Waals surface area contributed by atoms with Gasteiger partial charge in [-0.3, -0.25) is 0 Å². The Hall–Kier alpha value is -0.770. The molecule has 0 saturated carbocycles. The molecule has 0 aromatic rings. The van der Waals surface area contributed by atoms with E-state index in [1.54, 1.807) is 0 Å². The Morgan fingerprint density at radius 1 is 1.67 bits per heavy atom. The third kappa shape index (κ3) is 3.78. The fourth-order valence-electron chi connectivity index (χ4n) is 0.536. The van der Waals surface area contributed by atoms with Crippen LogP contribution in [0.15, 0.2) is 5.10 Å². The summed E-state index contributed by atoms with van der Waals surface area (Å²) in [6.07, 6.45) is 0.799. The zero-order chi connectivity index (χ0) is 7.28. The Bertz CT molecular complexity index is 97.1. The molecule has 0 aromatic carbocycles. The Kier molecular flexibility index (Phi) is 3.79. The van der Waals surface area contributed by atoms with Gasteiger partial charge in [0.25, 0.3) is 0 Å². The molecule has 0 saturated heterocycles. The van der Waals surface area contributed by atoms with Crippen molar-refractivity contribution in [1.82, 2.24) is 5.43 Å². The maximum absolute atomic E-state index is 5.07. The fourth-order valence-corrected chi connectivity index (χ4v) is 0.536. The van der Waals surface area contributed by atoms with Crippen LogP contribution in [0.4, 0.5) is 0 Å². The van der Waals surface area contributed by atoms with Crippen LogP contribution in [-0.2, 0) is 0 Å². The number of nitrogens with zero attached hydrogens (tertiary/aromatic N) is 1. The molecule has 0 heterocycles. The van der Waals surface area contributed by atoms with Crippen molar-refractivity contribution in [3.63, 3.8) is 0 Å². The molecule has 0 spiro atoms. The predicted molar refractivity (Wildman–Crippen MR) is 38.4 cm³/mol. The first-order valence-electron chi connectivity index (χ1n) is 2.94. The van der Waals surface area contributed by atoms with Crippen molar-refractivity contribution >= 4 is 5.84 Å². The maximum Gasteiger partial charge on any atom is 0.136 e. The molecule has 9 heavy (non-hydrogen) atoms. The molecular formula is C5H14N4. The summed E-state index contributed by atoms with van der Waals surface area (Å²) >= 11 is 0. The average Bonchev–Trinajstić information content (AvgIpc) is 1.82. The summed E-state index contributed by atoms with van der Waals surface area (Å²) in [5.74, 6) is 11.2. The van der Waals surface area contributed by atoms with Gasteiger partial charge in [-0.1, -0.05) is 13.8 Å². The number of hydrazone groups is 1. The number of amidine groups is 1. The van der Waals surface area contributed by atoms with E-state index in [-0.39, 0.29) is 0 Å². The first kappa shape index (κ1) is 8.23. The van der Waals surface area contributed by atoms with Crippen LogP contribution in [0.2, 0.25) is 0 Å². The molecular weight excluding hydrogens is 116 g/mol. The quantitative estimate of drug-likeness (QED) is 0.209. The SMILES string of the molecule is CC(C)C/C(=N/N)NN. The van der Waals surface area contributed by atoms with Gasteiger partial charge in [0.15, 0.2) is 0 Å². The van der Waals surface area contributed by atoms with Crippen LogP contribution in [0.25, 0.3) is 0 Å². The first-order chi connectivity index (χ1) is 4.20. The van der Waals surface area contributed by atoms with Crippen LogP contribution in [0.5, 0.6) is 0 Å². The van der Waals surface area contributed by atoms with Crippen molar-refractivity contribution < 1.29 is 0 Å². The molecule has 0 atom stereocenters. The van der Waals surface area contributed by atoms with Crippen molar-refractivity contribution in [3.05, 3.63) is 0 Å². The molecule has 54 valence electrons. The van der Waals surface area contributed by atoms with Crippen LogP contribution in [0.3, 0.4) is 0 Å². The van der Waals surface area contributed by atoms with Gasteiger partial charge in [0.1, 0.15) is 5.84 Å². The third-order valence-electron chi connectivity index (χ3n) is 0.924. The third-order valence-corrected chi connectivity index (χ3v) is 0.924. The lowest BCUT2D eigenvalue weighted by Gasteiger charge is -2.04. The highest BCUT2D eigenvalue weighted by Crippen LogP contribution is 1.97. The van der Waals surface area contributed by atoms with Gasteiger partial charge < -0.3 is 11.3 Å². The molecule has 0 aliphatic heterocycles. The van der Waals surface area contributed by atoms with E-state index in [0.29, 0.717) is 11.8 Å². The van der Waals surface area contributed by atoms with E-state index in [4.69, 9.17) is 11.7 Å². The summed E-state index contributed by atoms with van der Waals surface area (Å²) in [6, 6.07) is 0. The number of rotatable bonds is 2. The van der Waals surface area contributed by atoms with Crippen molar-refractivity contribution in [1.29, 1.82) is 0 Å². The van der Waals surface area contributed by atoms with E-state index in [1.165, 1.54) is 0 Å². The second kappa shape index (κ2) is 4.14. The predicted octanol–water partition coefficient (Wildman–Crippen LogP) is -0.232. The Morgan fingerprint density at radius 2 is 2.22 bits per heavy atom. The lowest BCUT2D eigenvalue weighted by Crippen LogP contribution is -2.32. The number of hydrogen-bond acceptors (Lipinski definition) is 3. The summed E-state index contributed by atoms with van der Waals surface area (Å²) in [5.41, 5.74) is 2.41. The van der Waals surface area contributed by atoms with Crippen LogP contribution < -0.4 is 17.1 Å². The molecule has 0 aliphatic rings. The summed E-state index contributed by atoms with van der Waals surface area (Å²) in [5, 5.41) is 3.43. The second-order valence-electron chi connectivity index (χ2n) is 2.32. The highest BCUT2D eigenvalue weighted by atomic mass is 15.3. The topological polar surface area (TPSA) is 76.4 Å². The largest absolute Gasteiger partial charge is 0.322 e. The van der Waals surface area contributed by atoms with Crippen LogP contribution in [0.1, 0.15) is 20.3 Å². The van der Waals surface area contributed by atoms with Gasteiger partial charge in [0.2, 0.25) is 0 Å². The minimum Gasteiger partial charge on any atom is -0.322 e. The first-order valence-corrected chi connectivity index (χ1v) is 2.94. The zero-order valence-corrected chi connectivity index (χ0v) is 5.89. The van der Waals surface area contributed by atoms with E-state index in [2.05, 4.69) is 24.4 Å². The average molecular weight is 130 g/mol. The van der Waals surface area contributed by atoms with Crippen LogP contribution >= 0.6 is 0 Å². The van der Waals surface area contributed by atoms with E-state index in [1.807, 2.05) is 0 Å². The van der Waals surface area contributed by atoms with Gasteiger partial charge in [-0.2, -0.15) is 5.10 Å². The smallest absolute Gasteiger partial charge is 0.136 e. The van der Waals surface area contributed by atoms with Crippen molar-refractivity contribution in [2.45, 2.75) is 20.3 Å². The summed E-state index contributed by atoms with van der Waals surface area (Å²) in [7, 11) is 0. The maximum atomic E-state index is 5.07.